The summed E-state index contributed by atoms with van der Waals surface area (Å²) in [6.07, 6.45) is 4.48. The van der Waals surface area contributed by atoms with E-state index in [1.165, 1.54) is 12.8 Å². The minimum Gasteiger partial charge on any atom is -0.391 e. The first-order valence-electron chi connectivity index (χ1n) is 6.25. The lowest BCUT2D eigenvalue weighted by Gasteiger charge is -2.39. The van der Waals surface area contributed by atoms with Gasteiger partial charge in [-0.2, -0.15) is 0 Å². The highest BCUT2D eigenvalue weighted by molar-refractivity contribution is 4.84. The third-order valence-corrected chi connectivity index (χ3v) is 3.70. The number of hydrogen-bond donors (Lipinski definition) is 1. The van der Waals surface area contributed by atoms with Crippen LogP contribution >= 0.6 is 0 Å². The molecule has 1 aliphatic carbocycles. The van der Waals surface area contributed by atoms with Gasteiger partial charge in [-0.15, -0.1) is 0 Å². The zero-order valence-corrected chi connectivity index (χ0v) is 10.6. The van der Waals surface area contributed by atoms with E-state index in [-0.39, 0.29) is 11.7 Å². The average molecular weight is 214 g/mol. The van der Waals surface area contributed by atoms with Crippen LogP contribution in [-0.4, -0.2) is 23.4 Å². The van der Waals surface area contributed by atoms with Crippen molar-refractivity contribution in [2.75, 3.05) is 6.61 Å². The molecule has 0 amide bonds. The Morgan fingerprint density at radius 1 is 1.27 bits per heavy atom. The summed E-state index contributed by atoms with van der Waals surface area (Å²) in [5.41, 5.74) is 0.0163. The van der Waals surface area contributed by atoms with Gasteiger partial charge in [0.15, 0.2) is 0 Å². The summed E-state index contributed by atoms with van der Waals surface area (Å²) in [7, 11) is 0. The topological polar surface area (TPSA) is 29.5 Å². The first kappa shape index (κ1) is 13.0. The van der Waals surface area contributed by atoms with Gasteiger partial charge in [-0.25, -0.2) is 0 Å². The quantitative estimate of drug-likeness (QED) is 0.779. The molecule has 0 heterocycles. The fraction of sp³-hybridized carbons (Fsp3) is 1.00. The molecule has 0 aromatic rings. The maximum Gasteiger partial charge on any atom is 0.0745 e. The number of hydrogen-bond acceptors (Lipinski definition) is 2. The van der Waals surface area contributed by atoms with Crippen LogP contribution in [0, 0.1) is 11.8 Å². The van der Waals surface area contributed by atoms with Crippen LogP contribution in [0.1, 0.15) is 53.4 Å². The Balaban J connectivity index is 2.34. The largest absolute Gasteiger partial charge is 0.391 e. The van der Waals surface area contributed by atoms with Crippen LogP contribution in [0.3, 0.4) is 0 Å². The molecule has 1 rings (SSSR count). The molecule has 1 fully saturated rings. The molecule has 2 heteroatoms. The van der Waals surface area contributed by atoms with Crippen LogP contribution in [0.25, 0.3) is 0 Å². The van der Waals surface area contributed by atoms with Crippen molar-refractivity contribution in [1.29, 1.82) is 0 Å². The van der Waals surface area contributed by atoms with E-state index in [2.05, 4.69) is 20.8 Å². The molecule has 15 heavy (non-hydrogen) atoms. The fourth-order valence-electron chi connectivity index (χ4n) is 2.38. The molecular weight excluding hydrogens is 188 g/mol. The van der Waals surface area contributed by atoms with Crippen LogP contribution in [0.5, 0.6) is 0 Å². The van der Waals surface area contributed by atoms with E-state index in [0.717, 1.165) is 24.7 Å². The van der Waals surface area contributed by atoms with Crippen LogP contribution in [0.15, 0.2) is 0 Å². The second-order valence-electron chi connectivity index (χ2n) is 5.69. The van der Waals surface area contributed by atoms with E-state index in [9.17, 15) is 5.11 Å². The average Bonchev–Trinajstić information content (AvgIpc) is 2.16. The van der Waals surface area contributed by atoms with Gasteiger partial charge in [0.05, 0.1) is 18.3 Å². The molecule has 1 unspecified atom stereocenters. The lowest BCUT2D eigenvalue weighted by atomic mass is 9.75. The SMILES string of the molecule is CC(O)COC1(C)CCC(C(C)C)CC1. The van der Waals surface area contributed by atoms with Crippen molar-refractivity contribution in [1.82, 2.24) is 0 Å². The van der Waals surface area contributed by atoms with Crippen LogP contribution in [0.4, 0.5) is 0 Å². The molecule has 0 aromatic carbocycles. The van der Waals surface area contributed by atoms with Gasteiger partial charge in [-0.05, 0) is 51.4 Å². The Bertz CT molecular complexity index is 179. The van der Waals surface area contributed by atoms with E-state index in [0.29, 0.717) is 6.61 Å². The minimum absolute atomic E-state index is 0.0163. The standard InChI is InChI=1S/C13H26O2/c1-10(2)12-5-7-13(4,8-6-12)15-9-11(3)14/h10-12,14H,5-9H2,1-4H3. The minimum atomic E-state index is -0.343. The Morgan fingerprint density at radius 2 is 1.80 bits per heavy atom. The Labute approximate surface area is 94.0 Å². The van der Waals surface area contributed by atoms with Crippen LogP contribution in [-0.2, 0) is 4.74 Å². The van der Waals surface area contributed by atoms with Crippen LogP contribution < -0.4 is 0 Å². The van der Waals surface area contributed by atoms with E-state index >= 15 is 0 Å². The number of ether oxygens (including phenoxy) is 1. The molecule has 1 N–H and O–H groups in total. The maximum atomic E-state index is 9.21. The summed E-state index contributed by atoms with van der Waals surface area (Å²) in [6.45, 7) is 9.06. The summed E-state index contributed by atoms with van der Waals surface area (Å²) >= 11 is 0. The number of rotatable bonds is 4. The first-order valence-corrected chi connectivity index (χ1v) is 6.25. The Hall–Kier alpha value is -0.0800. The van der Waals surface area contributed by atoms with Gasteiger partial charge in [0, 0.05) is 0 Å². The van der Waals surface area contributed by atoms with Crippen molar-refractivity contribution < 1.29 is 9.84 Å². The highest BCUT2D eigenvalue weighted by Crippen LogP contribution is 2.37. The third-order valence-electron chi connectivity index (χ3n) is 3.70. The normalized spacial score (nSPS) is 34.4. The molecule has 90 valence electrons. The molecule has 1 atom stereocenters. The van der Waals surface area contributed by atoms with Crippen molar-refractivity contribution in [3.05, 3.63) is 0 Å². The number of aliphatic hydroxyl groups excluding tert-OH is 1. The maximum absolute atomic E-state index is 9.21. The molecule has 2 nitrogen and oxygen atoms in total. The predicted octanol–water partition coefficient (Wildman–Crippen LogP) is 2.99. The van der Waals surface area contributed by atoms with Gasteiger partial charge in [-0.3, -0.25) is 0 Å². The molecule has 0 aromatic heterocycles. The molecule has 0 saturated heterocycles. The van der Waals surface area contributed by atoms with Crippen molar-refractivity contribution in [2.24, 2.45) is 11.8 Å². The summed E-state index contributed by atoms with van der Waals surface area (Å²) in [4.78, 5) is 0. The summed E-state index contributed by atoms with van der Waals surface area (Å²) in [6, 6.07) is 0. The highest BCUT2D eigenvalue weighted by atomic mass is 16.5. The van der Waals surface area contributed by atoms with Crippen molar-refractivity contribution in [2.45, 2.75) is 65.1 Å². The van der Waals surface area contributed by atoms with Crippen molar-refractivity contribution >= 4 is 0 Å². The van der Waals surface area contributed by atoms with Gasteiger partial charge in [0.2, 0.25) is 0 Å². The first-order chi connectivity index (χ1) is 6.93. The lowest BCUT2D eigenvalue weighted by molar-refractivity contribution is -0.0928. The molecule has 0 aliphatic heterocycles. The third kappa shape index (κ3) is 4.12. The van der Waals surface area contributed by atoms with Crippen molar-refractivity contribution in [3.63, 3.8) is 0 Å². The second-order valence-corrected chi connectivity index (χ2v) is 5.69. The molecule has 0 radical (unpaired) electrons. The molecule has 1 saturated carbocycles. The number of aliphatic hydroxyl groups is 1. The van der Waals surface area contributed by atoms with Gasteiger partial charge >= 0.3 is 0 Å². The smallest absolute Gasteiger partial charge is 0.0745 e. The monoisotopic (exact) mass is 214 g/mol. The van der Waals surface area contributed by atoms with E-state index < -0.39 is 0 Å². The van der Waals surface area contributed by atoms with Gasteiger partial charge in [-0.1, -0.05) is 13.8 Å². The summed E-state index contributed by atoms with van der Waals surface area (Å²) in [5.74, 6) is 1.67. The lowest BCUT2D eigenvalue weighted by Crippen LogP contribution is -2.37. The van der Waals surface area contributed by atoms with Gasteiger partial charge in [0.1, 0.15) is 0 Å². The Morgan fingerprint density at radius 3 is 2.20 bits per heavy atom. The van der Waals surface area contributed by atoms with E-state index in [4.69, 9.17) is 4.74 Å². The predicted molar refractivity (Wildman–Crippen MR) is 62.8 cm³/mol. The molecule has 1 aliphatic rings. The molecule has 0 spiro atoms. The molecular formula is C13H26O2. The Kier molecular flexibility index (Phi) is 4.60. The second kappa shape index (κ2) is 5.31. The van der Waals surface area contributed by atoms with E-state index in [1.807, 2.05) is 0 Å². The van der Waals surface area contributed by atoms with E-state index in [1.54, 1.807) is 6.92 Å². The van der Waals surface area contributed by atoms with Crippen molar-refractivity contribution in [3.8, 4) is 0 Å². The zero-order chi connectivity index (χ0) is 11.5. The fourth-order valence-corrected chi connectivity index (χ4v) is 2.38. The summed E-state index contributed by atoms with van der Waals surface area (Å²) in [5, 5.41) is 9.21. The zero-order valence-electron chi connectivity index (χ0n) is 10.6. The van der Waals surface area contributed by atoms with Crippen LogP contribution in [0.2, 0.25) is 0 Å². The molecule has 0 bridgehead atoms. The van der Waals surface area contributed by atoms with Gasteiger partial charge in [0.25, 0.3) is 0 Å². The van der Waals surface area contributed by atoms with Gasteiger partial charge < -0.3 is 9.84 Å². The summed E-state index contributed by atoms with van der Waals surface area (Å²) < 4.78 is 5.81. The highest BCUT2D eigenvalue weighted by Gasteiger charge is 2.32.